The standard InChI is InChI=1S/C9H11ClN2/c1-3-4-5-9-11-6-8(10)7(2)12-9/h4-6H,3H2,1-2H3/b5-4+. The lowest BCUT2D eigenvalue weighted by Crippen LogP contribution is -1.90. The van der Waals surface area contributed by atoms with Crippen LogP contribution in [0.25, 0.3) is 6.08 Å². The van der Waals surface area contributed by atoms with Gasteiger partial charge in [0.1, 0.15) is 0 Å². The van der Waals surface area contributed by atoms with Gasteiger partial charge in [0.05, 0.1) is 10.7 Å². The zero-order chi connectivity index (χ0) is 8.97. The molecule has 0 amide bonds. The van der Waals surface area contributed by atoms with Crippen LogP contribution in [0.2, 0.25) is 5.02 Å². The van der Waals surface area contributed by atoms with Crippen molar-refractivity contribution in [2.45, 2.75) is 20.3 Å². The van der Waals surface area contributed by atoms with Crippen LogP contribution in [0.4, 0.5) is 0 Å². The summed E-state index contributed by atoms with van der Waals surface area (Å²) in [6, 6.07) is 0. The van der Waals surface area contributed by atoms with Crippen LogP contribution < -0.4 is 0 Å². The summed E-state index contributed by atoms with van der Waals surface area (Å²) in [4.78, 5) is 8.23. The molecule has 3 heteroatoms. The summed E-state index contributed by atoms with van der Waals surface area (Å²) >= 11 is 5.77. The average molecular weight is 183 g/mol. The predicted molar refractivity (Wildman–Crippen MR) is 51.1 cm³/mol. The van der Waals surface area contributed by atoms with E-state index in [1.54, 1.807) is 6.20 Å². The van der Waals surface area contributed by atoms with Crippen molar-refractivity contribution in [1.82, 2.24) is 9.97 Å². The van der Waals surface area contributed by atoms with Crippen LogP contribution in [-0.2, 0) is 0 Å². The minimum Gasteiger partial charge on any atom is -0.236 e. The average Bonchev–Trinajstić information content (AvgIpc) is 2.07. The molecule has 0 N–H and O–H groups in total. The molecule has 0 spiro atoms. The smallest absolute Gasteiger partial charge is 0.151 e. The molecule has 0 aliphatic carbocycles. The molecule has 0 atom stereocenters. The second-order valence-electron chi connectivity index (χ2n) is 2.47. The monoisotopic (exact) mass is 182 g/mol. The van der Waals surface area contributed by atoms with Gasteiger partial charge in [0.2, 0.25) is 0 Å². The van der Waals surface area contributed by atoms with E-state index < -0.39 is 0 Å². The maximum Gasteiger partial charge on any atom is 0.151 e. The van der Waals surface area contributed by atoms with Crippen LogP contribution >= 0.6 is 11.6 Å². The Hall–Kier alpha value is -0.890. The van der Waals surface area contributed by atoms with Gasteiger partial charge in [-0.15, -0.1) is 0 Å². The first kappa shape index (κ1) is 9.20. The molecule has 0 aromatic carbocycles. The molecule has 0 aliphatic heterocycles. The molecule has 2 nitrogen and oxygen atoms in total. The maximum atomic E-state index is 5.77. The van der Waals surface area contributed by atoms with E-state index in [2.05, 4.69) is 16.9 Å². The molecule has 0 saturated heterocycles. The van der Waals surface area contributed by atoms with Gasteiger partial charge in [-0.3, -0.25) is 0 Å². The second kappa shape index (κ2) is 4.21. The number of hydrogen-bond donors (Lipinski definition) is 0. The largest absolute Gasteiger partial charge is 0.236 e. The quantitative estimate of drug-likeness (QED) is 0.703. The zero-order valence-corrected chi connectivity index (χ0v) is 7.97. The van der Waals surface area contributed by atoms with Gasteiger partial charge in [-0.05, 0) is 19.4 Å². The van der Waals surface area contributed by atoms with Gasteiger partial charge in [0, 0.05) is 6.20 Å². The summed E-state index contributed by atoms with van der Waals surface area (Å²) in [5, 5.41) is 0.614. The maximum absolute atomic E-state index is 5.77. The SMILES string of the molecule is CC/C=C/c1ncc(Cl)c(C)n1. The number of halogens is 1. The lowest BCUT2D eigenvalue weighted by molar-refractivity contribution is 1.07. The molecule has 0 radical (unpaired) electrons. The van der Waals surface area contributed by atoms with E-state index in [-0.39, 0.29) is 0 Å². The molecular weight excluding hydrogens is 172 g/mol. The van der Waals surface area contributed by atoms with Gasteiger partial charge < -0.3 is 0 Å². The van der Waals surface area contributed by atoms with Crippen molar-refractivity contribution in [3.63, 3.8) is 0 Å². The van der Waals surface area contributed by atoms with E-state index in [1.807, 2.05) is 19.1 Å². The first-order valence-electron chi connectivity index (χ1n) is 3.89. The lowest BCUT2D eigenvalue weighted by Gasteiger charge is -1.96. The molecule has 0 aliphatic rings. The van der Waals surface area contributed by atoms with Crippen LogP contribution in [0.3, 0.4) is 0 Å². The third kappa shape index (κ3) is 2.31. The summed E-state index contributed by atoms with van der Waals surface area (Å²) in [5.41, 5.74) is 0.822. The number of aryl methyl sites for hydroxylation is 1. The Kier molecular flexibility index (Phi) is 3.23. The lowest BCUT2D eigenvalue weighted by atomic mass is 10.4. The normalized spacial score (nSPS) is 10.9. The van der Waals surface area contributed by atoms with Gasteiger partial charge in [-0.1, -0.05) is 24.6 Å². The van der Waals surface area contributed by atoms with Crippen molar-refractivity contribution in [2.24, 2.45) is 0 Å². The molecule has 1 rings (SSSR count). The molecule has 0 saturated carbocycles. The van der Waals surface area contributed by atoms with Gasteiger partial charge in [-0.25, -0.2) is 9.97 Å². The molecule has 12 heavy (non-hydrogen) atoms. The molecule has 1 heterocycles. The van der Waals surface area contributed by atoms with Crippen molar-refractivity contribution in [3.05, 3.63) is 28.8 Å². The van der Waals surface area contributed by atoms with Gasteiger partial charge >= 0.3 is 0 Å². The Morgan fingerprint density at radius 2 is 2.33 bits per heavy atom. The Bertz CT molecular complexity index is 295. The van der Waals surface area contributed by atoms with E-state index in [4.69, 9.17) is 11.6 Å². The van der Waals surface area contributed by atoms with Crippen LogP contribution in [-0.4, -0.2) is 9.97 Å². The zero-order valence-electron chi connectivity index (χ0n) is 7.21. The molecule has 0 fully saturated rings. The summed E-state index contributed by atoms with van der Waals surface area (Å²) in [6.07, 6.45) is 6.52. The third-order valence-corrected chi connectivity index (χ3v) is 1.81. The van der Waals surface area contributed by atoms with Gasteiger partial charge in [0.15, 0.2) is 5.82 Å². The Balaban J connectivity index is 2.89. The summed E-state index contributed by atoms with van der Waals surface area (Å²) in [6.45, 7) is 3.94. The van der Waals surface area contributed by atoms with Gasteiger partial charge in [-0.2, -0.15) is 0 Å². The summed E-state index contributed by atoms with van der Waals surface area (Å²) < 4.78 is 0. The van der Waals surface area contributed by atoms with Crippen molar-refractivity contribution in [1.29, 1.82) is 0 Å². The minimum absolute atomic E-state index is 0.614. The number of allylic oxidation sites excluding steroid dienone is 1. The van der Waals surface area contributed by atoms with E-state index in [1.165, 1.54) is 0 Å². The van der Waals surface area contributed by atoms with Crippen molar-refractivity contribution >= 4 is 17.7 Å². The fraction of sp³-hybridized carbons (Fsp3) is 0.333. The number of rotatable bonds is 2. The van der Waals surface area contributed by atoms with E-state index in [0.29, 0.717) is 5.02 Å². The Morgan fingerprint density at radius 3 is 2.92 bits per heavy atom. The molecular formula is C9H11ClN2. The number of aromatic nitrogens is 2. The molecule has 1 aromatic heterocycles. The van der Waals surface area contributed by atoms with E-state index in [9.17, 15) is 0 Å². The summed E-state index contributed by atoms with van der Waals surface area (Å²) in [5.74, 6) is 0.721. The topological polar surface area (TPSA) is 25.8 Å². The minimum atomic E-state index is 0.614. The number of nitrogens with zero attached hydrogens (tertiary/aromatic N) is 2. The highest BCUT2D eigenvalue weighted by Gasteiger charge is 1.96. The van der Waals surface area contributed by atoms with Crippen molar-refractivity contribution < 1.29 is 0 Å². The van der Waals surface area contributed by atoms with Crippen LogP contribution in [0.1, 0.15) is 24.9 Å². The van der Waals surface area contributed by atoms with E-state index in [0.717, 1.165) is 17.9 Å². The third-order valence-electron chi connectivity index (χ3n) is 1.44. The number of hydrogen-bond acceptors (Lipinski definition) is 2. The molecule has 64 valence electrons. The highest BCUT2D eigenvalue weighted by Crippen LogP contribution is 2.10. The van der Waals surface area contributed by atoms with Crippen LogP contribution in [0.5, 0.6) is 0 Å². The fourth-order valence-electron chi connectivity index (χ4n) is 0.774. The van der Waals surface area contributed by atoms with Gasteiger partial charge in [0.25, 0.3) is 0 Å². The van der Waals surface area contributed by atoms with Crippen LogP contribution in [0.15, 0.2) is 12.3 Å². The first-order valence-corrected chi connectivity index (χ1v) is 4.27. The predicted octanol–water partition coefficient (Wildman–Crippen LogP) is 2.86. The highest BCUT2D eigenvalue weighted by atomic mass is 35.5. The molecule has 1 aromatic rings. The molecule has 0 unspecified atom stereocenters. The van der Waals surface area contributed by atoms with Crippen molar-refractivity contribution in [2.75, 3.05) is 0 Å². The highest BCUT2D eigenvalue weighted by molar-refractivity contribution is 6.31. The first-order chi connectivity index (χ1) is 5.74. The van der Waals surface area contributed by atoms with Crippen LogP contribution in [0, 0.1) is 6.92 Å². The summed E-state index contributed by atoms with van der Waals surface area (Å²) in [7, 11) is 0. The van der Waals surface area contributed by atoms with E-state index >= 15 is 0 Å². The Labute approximate surface area is 77.3 Å². The molecule has 0 bridgehead atoms. The fourth-order valence-corrected chi connectivity index (χ4v) is 0.865. The second-order valence-corrected chi connectivity index (χ2v) is 2.88. The Morgan fingerprint density at radius 1 is 1.58 bits per heavy atom. The van der Waals surface area contributed by atoms with Crippen molar-refractivity contribution in [3.8, 4) is 0 Å².